The van der Waals surface area contributed by atoms with Crippen LogP contribution in [0.1, 0.15) is 16.7 Å². The molecule has 0 fully saturated rings. The highest BCUT2D eigenvalue weighted by molar-refractivity contribution is 9.11. The van der Waals surface area contributed by atoms with Crippen molar-refractivity contribution in [2.45, 2.75) is 11.8 Å². The highest BCUT2D eigenvalue weighted by atomic mass is 79.9. The topological polar surface area (TPSA) is 76.4 Å². The van der Waals surface area contributed by atoms with E-state index in [4.69, 9.17) is 8.92 Å². The largest absolute Gasteiger partial charge is 0.497 e. The number of hydrogen-bond donors (Lipinski definition) is 0. The standard InChI is InChI=1S/C23H17Br2NO4S/c1-15-3-9-21(10-4-15)31(27,28)30-23-17(12-19(24)13-22(23)25)11-18(14-26)16-5-7-20(29-2)8-6-16/h3-13H,1-2H3/b18-11+. The second kappa shape index (κ2) is 9.69. The van der Waals surface area contributed by atoms with Gasteiger partial charge in [0.2, 0.25) is 0 Å². The van der Waals surface area contributed by atoms with Crippen LogP contribution in [0, 0.1) is 18.3 Å². The second-order valence-corrected chi connectivity index (χ2v) is 9.87. The van der Waals surface area contributed by atoms with E-state index in [1.165, 1.54) is 12.1 Å². The summed E-state index contributed by atoms with van der Waals surface area (Å²) in [4.78, 5) is 0.0403. The van der Waals surface area contributed by atoms with Crippen molar-refractivity contribution in [1.29, 1.82) is 5.26 Å². The summed E-state index contributed by atoms with van der Waals surface area (Å²) >= 11 is 6.78. The zero-order chi connectivity index (χ0) is 22.6. The molecule has 3 rings (SSSR count). The fourth-order valence-corrected chi connectivity index (χ4v) is 5.16. The molecule has 0 aliphatic rings. The summed E-state index contributed by atoms with van der Waals surface area (Å²) < 4.78 is 37.5. The number of allylic oxidation sites excluding steroid dienone is 1. The summed E-state index contributed by atoms with van der Waals surface area (Å²) in [7, 11) is -2.52. The molecule has 0 saturated heterocycles. The SMILES string of the molecule is COc1ccc(/C(C#N)=C/c2cc(Br)cc(Br)c2OS(=O)(=O)c2ccc(C)cc2)cc1. The predicted octanol–water partition coefficient (Wildman–Crippen LogP) is 6.36. The lowest BCUT2D eigenvalue weighted by atomic mass is 10.0. The summed E-state index contributed by atoms with van der Waals surface area (Å²) in [5.41, 5.74) is 2.35. The quantitative estimate of drug-likeness (QED) is 0.198. The van der Waals surface area contributed by atoms with Crippen LogP contribution in [-0.2, 0) is 10.1 Å². The summed E-state index contributed by atoms with van der Waals surface area (Å²) in [6.07, 6.45) is 1.58. The van der Waals surface area contributed by atoms with Gasteiger partial charge in [-0.15, -0.1) is 0 Å². The molecule has 158 valence electrons. The Hall–Kier alpha value is -2.60. The van der Waals surface area contributed by atoms with Gasteiger partial charge < -0.3 is 8.92 Å². The number of nitriles is 1. The molecule has 0 aliphatic carbocycles. The third kappa shape index (κ3) is 5.56. The lowest BCUT2D eigenvalue weighted by Crippen LogP contribution is -2.11. The summed E-state index contributed by atoms with van der Waals surface area (Å²) in [6, 6.07) is 18.9. The van der Waals surface area contributed by atoms with Gasteiger partial charge in [-0.05, 0) is 83.0 Å². The third-order valence-electron chi connectivity index (χ3n) is 4.36. The molecule has 0 saturated carbocycles. The number of aryl methyl sites for hydroxylation is 1. The fourth-order valence-electron chi connectivity index (χ4n) is 2.74. The van der Waals surface area contributed by atoms with Crippen molar-refractivity contribution in [3.63, 3.8) is 0 Å². The van der Waals surface area contributed by atoms with Crippen molar-refractivity contribution in [3.05, 3.63) is 86.3 Å². The molecular weight excluding hydrogens is 546 g/mol. The van der Waals surface area contributed by atoms with E-state index in [2.05, 4.69) is 37.9 Å². The van der Waals surface area contributed by atoms with Crippen LogP contribution in [0.2, 0.25) is 0 Å². The van der Waals surface area contributed by atoms with Crippen LogP contribution in [0.3, 0.4) is 0 Å². The molecule has 0 atom stereocenters. The average Bonchev–Trinajstić information content (AvgIpc) is 2.74. The molecular formula is C23H17Br2NO4S. The molecule has 0 aliphatic heterocycles. The van der Waals surface area contributed by atoms with E-state index < -0.39 is 10.1 Å². The summed E-state index contributed by atoms with van der Waals surface area (Å²) in [6.45, 7) is 1.87. The average molecular weight is 563 g/mol. The smallest absolute Gasteiger partial charge is 0.339 e. The first-order valence-corrected chi connectivity index (χ1v) is 12.0. The molecule has 0 spiro atoms. The van der Waals surface area contributed by atoms with Crippen LogP contribution in [-0.4, -0.2) is 15.5 Å². The Morgan fingerprint density at radius 1 is 1.03 bits per heavy atom. The maximum absolute atomic E-state index is 12.8. The van der Waals surface area contributed by atoms with Crippen molar-refractivity contribution >= 4 is 53.6 Å². The maximum Gasteiger partial charge on any atom is 0.339 e. The van der Waals surface area contributed by atoms with E-state index in [1.807, 2.05) is 6.92 Å². The van der Waals surface area contributed by atoms with Gasteiger partial charge in [-0.2, -0.15) is 13.7 Å². The first kappa shape index (κ1) is 23.1. The van der Waals surface area contributed by atoms with Crippen LogP contribution in [0.15, 0.2) is 74.5 Å². The van der Waals surface area contributed by atoms with E-state index in [1.54, 1.807) is 61.7 Å². The number of nitrogens with zero attached hydrogens (tertiary/aromatic N) is 1. The number of rotatable bonds is 6. The lowest BCUT2D eigenvalue weighted by Gasteiger charge is -2.13. The van der Waals surface area contributed by atoms with E-state index in [9.17, 15) is 13.7 Å². The Kier molecular flexibility index (Phi) is 7.21. The van der Waals surface area contributed by atoms with Gasteiger partial charge in [0.1, 0.15) is 10.6 Å². The molecule has 0 aromatic heterocycles. The maximum atomic E-state index is 12.8. The molecule has 0 radical (unpaired) electrons. The lowest BCUT2D eigenvalue weighted by molar-refractivity contribution is 0.415. The van der Waals surface area contributed by atoms with E-state index in [-0.39, 0.29) is 10.6 Å². The predicted molar refractivity (Wildman–Crippen MR) is 127 cm³/mol. The summed E-state index contributed by atoms with van der Waals surface area (Å²) in [5.74, 6) is 0.754. The Balaban J connectivity index is 2.07. The van der Waals surface area contributed by atoms with Crippen LogP contribution < -0.4 is 8.92 Å². The molecule has 3 aromatic rings. The van der Waals surface area contributed by atoms with Crippen molar-refractivity contribution in [3.8, 4) is 17.6 Å². The Morgan fingerprint density at radius 3 is 2.26 bits per heavy atom. The Morgan fingerprint density at radius 2 is 1.68 bits per heavy atom. The molecule has 0 bridgehead atoms. The van der Waals surface area contributed by atoms with Crippen molar-refractivity contribution in [1.82, 2.24) is 0 Å². The van der Waals surface area contributed by atoms with Gasteiger partial charge in [0, 0.05) is 10.0 Å². The number of ether oxygens (including phenoxy) is 1. The van der Waals surface area contributed by atoms with Gasteiger partial charge in [0.25, 0.3) is 0 Å². The van der Waals surface area contributed by atoms with Gasteiger partial charge in [-0.25, -0.2) is 0 Å². The molecule has 0 N–H and O–H groups in total. The van der Waals surface area contributed by atoms with E-state index in [0.29, 0.717) is 31.4 Å². The van der Waals surface area contributed by atoms with Crippen LogP contribution in [0.4, 0.5) is 0 Å². The summed E-state index contributed by atoms with van der Waals surface area (Å²) in [5, 5.41) is 9.70. The Labute approximate surface area is 198 Å². The van der Waals surface area contributed by atoms with Crippen LogP contribution in [0.25, 0.3) is 11.6 Å². The molecule has 3 aromatic carbocycles. The highest BCUT2D eigenvalue weighted by Gasteiger charge is 2.21. The van der Waals surface area contributed by atoms with Gasteiger partial charge >= 0.3 is 10.1 Å². The first-order valence-electron chi connectivity index (χ1n) is 9.00. The third-order valence-corrected chi connectivity index (χ3v) is 6.64. The minimum absolute atomic E-state index is 0.0403. The Bertz CT molecular complexity index is 1280. The van der Waals surface area contributed by atoms with Crippen molar-refractivity contribution in [2.75, 3.05) is 7.11 Å². The number of halogens is 2. The second-order valence-electron chi connectivity index (χ2n) is 6.55. The minimum Gasteiger partial charge on any atom is -0.497 e. The monoisotopic (exact) mass is 561 g/mol. The van der Waals surface area contributed by atoms with E-state index in [0.717, 1.165) is 5.56 Å². The van der Waals surface area contributed by atoms with Gasteiger partial charge in [-0.1, -0.05) is 33.6 Å². The first-order chi connectivity index (χ1) is 14.7. The number of benzene rings is 3. The molecule has 5 nitrogen and oxygen atoms in total. The zero-order valence-electron chi connectivity index (χ0n) is 16.6. The molecule has 0 amide bonds. The number of hydrogen-bond acceptors (Lipinski definition) is 5. The van der Waals surface area contributed by atoms with Crippen molar-refractivity contribution in [2.24, 2.45) is 0 Å². The van der Waals surface area contributed by atoms with Gasteiger partial charge in [-0.3, -0.25) is 0 Å². The fraction of sp³-hybridized carbons (Fsp3) is 0.0870. The molecule has 0 heterocycles. The van der Waals surface area contributed by atoms with E-state index >= 15 is 0 Å². The van der Waals surface area contributed by atoms with Crippen LogP contribution in [0.5, 0.6) is 11.5 Å². The number of methoxy groups -OCH3 is 1. The molecule has 8 heteroatoms. The highest BCUT2D eigenvalue weighted by Crippen LogP contribution is 2.37. The van der Waals surface area contributed by atoms with Gasteiger partial charge in [0.05, 0.1) is 23.2 Å². The van der Waals surface area contributed by atoms with Gasteiger partial charge in [0.15, 0.2) is 5.75 Å². The molecule has 0 unspecified atom stereocenters. The van der Waals surface area contributed by atoms with Crippen molar-refractivity contribution < 1.29 is 17.3 Å². The normalized spacial score (nSPS) is 11.6. The molecule has 31 heavy (non-hydrogen) atoms. The zero-order valence-corrected chi connectivity index (χ0v) is 20.6. The minimum atomic E-state index is -4.08. The van der Waals surface area contributed by atoms with Crippen LogP contribution >= 0.6 is 31.9 Å².